The highest BCUT2D eigenvalue weighted by atomic mass is 35.5. The van der Waals surface area contributed by atoms with Crippen LogP contribution in [-0.4, -0.2) is 84.2 Å². The van der Waals surface area contributed by atoms with Gasteiger partial charge < -0.3 is 30.2 Å². The Kier molecular flexibility index (Phi) is 11.3. The number of nitrogens with two attached hydrogens (primary N) is 1. The lowest BCUT2D eigenvalue weighted by molar-refractivity contribution is 0.00127. The van der Waals surface area contributed by atoms with Gasteiger partial charge in [-0.1, -0.05) is 40.9 Å². The number of carbonyl (C=O) groups excluding carboxylic acids is 1. The fraction of sp³-hybridized carbons (Fsp3) is 0.413. The number of aromatic amines is 1. The van der Waals surface area contributed by atoms with E-state index in [0.29, 0.717) is 62.4 Å². The molecule has 1 amide bonds. The molecule has 2 saturated carbocycles. The maximum absolute atomic E-state index is 15.1. The largest absolute Gasteiger partial charge is 0.476 e. The molecule has 3 aliphatic carbocycles. The third kappa shape index (κ3) is 8.86. The number of amides is 1. The number of piperazine rings is 1. The Bertz CT molecular complexity index is 2610. The molecule has 61 heavy (non-hydrogen) atoms. The van der Waals surface area contributed by atoms with Crippen molar-refractivity contribution in [3.8, 4) is 17.4 Å². The molecule has 4 N–H and O–H groups in total. The van der Waals surface area contributed by atoms with E-state index in [9.17, 15) is 9.90 Å². The lowest BCUT2D eigenvalue weighted by atomic mass is 9.78. The molecule has 3 fully saturated rings. The van der Waals surface area contributed by atoms with Crippen molar-refractivity contribution in [2.75, 3.05) is 44.2 Å². The number of pyridine rings is 2. The summed E-state index contributed by atoms with van der Waals surface area (Å²) in [5.74, 6) is -0.513. The Labute approximate surface area is 366 Å². The van der Waals surface area contributed by atoms with Gasteiger partial charge in [-0.05, 0) is 130 Å². The van der Waals surface area contributed by atoms with Gasteiger partial charge in [-0.2, -0.15) is 0 Å². The molecule has 12 nitrogen and oxygen atoms in total. The highest BCUT2D eigenvalue weighted by Gasteiger charge is 2.45. The zero-order chi connectivity index (χ0) is 42.5. The van der Waals surface area contributed by atoms with Gasteiger partial charge in [0.25, 0.3) is 5.91 Å². The minimum atomic E-state index is -4.49. The quantitative estimate of drug-likeness (QED) is 0.110. The highest BCUT2D eigenvalue weighted by molar-refractivity contribution is 7.91. The van der Waals surface area contributed by atoms with Gasteiger partial charge in [-0.25, -0.2) is 18.4 Å². The number of allylic oxidation sites excluding steroid dienone is 1. The topological polar surface area (TPSA) is 164 Å². The molecular weight excluding hydrogens is 836 g/mol. The Morgan fingerprint density at radius 2 is 1.72 bits per heavy atom. The van der Waals surface area contributed by atoms with E-state index in [1.165, 1.54) is 60.5 Å². The second-order valence-corrected chi connectivity index (χ2v) is 20.3. The number of nitrogens with zero attached hydrogens (tertiary/aromatic N) is 4. The lowest BCUT2D eigenvalue weighted by Crippen LogP contribution is -2.47. The normalized spacial score (nSPS) is 21.8. The van der Waals surface area contributed by atoms with Gasteiger partial charge in [0, 0.05) is 49.3 Å². The average molecular weight is 886 g/mol. The van der Waals surface area contributed by atoms with E-state index < -0.39 is 21.3 Å². The van der Waals surface area contributed by atoms with Crippen LogP contribution >= 0.6 is 23.2 Å². The molecule has 5 aromatic rings. The Morgan fingerprint density at radius 3 is 2.43 bits per heavy atom. The number of halogens is 2. The molecule has 0 unspecified atom stereocenters. The van der Waals surface area contributed by atoms with Crippen molar-refractivity contribution in [3.05, 3.63) is 99.9 Å². The smallest absolute Gasteiger partial charge is 0.252 e. The maximum Gasteiger partial charge on any atom is 0.252 e. The minimum Gasteiger partial charge on any atom is -0.476 e. The first kappa shape index (κ1) is 41.7. The van der Waals surface area contributed by atoms with Gasteiger partial charge >= 0.3 is 0 Å². The first-order valence-corrected chi connectivity index (χ1v) is 23.3. The molecule has 2 aromatic carbocycles. The van der Waals surface area contributed by atoms with Gasteiger partial charge in [0.2, 0.25) is 15.7 Å². The van der Waals surface area contributed by atoms with Crippen molar-refractivity contribution in [3.63, 3.8) is 0 Å². The first-order valence-electron chi connectivity index (χ1n) is 21.0. The third-order valence-electron chi connectivity index (χ3n) is 13.2. The van der Waals surface area contributed by atoms with Crippen LogP contribution in [0.1, 0.15) is 80.6 Å². The van der Waals surface area contributed by atoms with Crippen LogP contribution in [-0.2, 0) is 9.84 Å². The minimum absolute atomic E-state index is 0.0253. The van der Waals surface area contributed by atoms with Crippen molar-refractivity contribution in [1.29, 1.82) is 0 Å². The lowest BCUT2D eigenvalue weighted by Gasteiger charge is -2.39. The standard InChI is InChI=1S/C46H50Cl2N6O6S/c1-45(56)12-8-29(9-13-45)28-59-44-38(48)23-35(26-52-44)61(57,58)41-39(7-6-36(42(49)55)40(41)60-34-22-31-11-17-50-43(31)51-25-34)54-20-18-53(19-21-54)27-32-10-14-46(15-16-46)24-37(32)30-2-4-33(47)5-3-30/h2-7,11,17,22-23,25-26,29,56H,8-10,12-16,18-21,24,27-28H2,1H3,(H2,49,55)(H,50,51). The predicted octanol–water partition coefficient (Wildman–Crippen LogP) is 8.85. The fourth-order valence-corrected chi connectivity index (χ4v) is 11.2. The van der Waals surface area contributed by atoms with Crippen LogP contribution in [0.2, 0.25) is 10.0 Å². The molecule has 1 aliphatic heterocycles. The number of ether oxygens (including phenoxy) is 2. The summed E-state index contributed by atoms with van der Waals surface area (Å²) in [6, 6.07) is 16.2. The summed E-state index contributed by atoms with van der Waals surface area (Å²) in [6.07, 6.45) is 13.3. The van der Waals surface area contributed by atoms with Crippen molar-refractivity contribution in [1.82, 2.24) is 19.9 Å². The molecule has 9 rings (SSSR count). The highest BCUT2D eigenvalue weighted by Crippen LogP contribution is 2.59. The molecule has 1 saturated heterocycles. The number of H-pyrrole nitrogens is 1. The number of primary amides is 1. The zero-order valence-corrected chi connectivity index (χ0v) is 36.5. The van der Waals surface area contributed by atoms with Crippen LogP contribution in [0.25, 0.3) is 16.6 Å². The van der Waals surface area contributed by atoms with E-state index in [-0.39, 0.29) is 43.7 Å². The van der Waals surface area contributed by atoms with Crippen LogP contribution < -0.4 is 20.1 Å². The number of aromatic nitrogens is 3. The van der Waals surface area contributed by atoms with E-state index in [4.69, 9.17) is 38.4 Å². The molecule has 320 valence electrons. The van der Waals surface area contributed by atoms with Crippen molar-refractivity contribution in [2.45, 2.75) is 80.1 Å². The molecule has 4 heterocycles. The summed E-state index contributed by atoms with van der Waals surface area (Å²) in [5, 5.41) is 11.9. The second-order valence-electron chi connectivity index (χ2n) is 17.6. The van der Waals surface area contributed by atoms with Crippen molar-refractivity contribution in [2.24, 2.45) is 17.1 Å². The summed E-state index contributed by atoms with van der Waals surface area (Å²) in [7, 11) is -4.49. The van der Waals surface area contributed by atoms with Gasteiger partial charge in [0.1, 0.15) is 21.3 Å². The summed E-state index contributed by atoms with van der Waals surface area (Å²) in [6.45, 7) is 5.41. The monoisotopic (exact) mass is 884 g/mol. The fourth-order valence-electron chi connectivity index (χ4n) is 9.20. The van der Waals surface area contributed by atoms with Crippen LogP contribution in [0.4, 0.5) is 5.69 Å². The van der Waals surface area contributed by atoms with Crippen molar-refractivity contribution < 1.29 is 27.8 Å². The van der Waals surface area contributed by atoms with E-state index >= 15 is 8.42 Å². The Balaban J connectivity index is 1.03. The van der Waals surface area contributed by atoms with Gasteiger partial charge in [0.15, 0.2) is 5.75 Å². The Morgan fingerprint density at radius 1 is 0.967 bits per heavy atom. The molecule has 0 radical (unpaired) electrons. The number of nitrogens with one attached hydrogen (secondary N) is 1. The van der Waals surface area contributed by atoms with Gasteiger partial charge in [-0.3, -0.25) is 9.69 Å². The summed E-state index contributed by atoms with van der Waals surface area (Å²) in [4.78, 5) is 29.0. The first-order chi connectivity index (χ1) is 29.3. The average Bonchev–Trinajstić information content (AvgIpc) is 3.83. The summed E-state index contributed by atoms with van der Waals surface area (Å²) in [5.41, 5.74) is 10.7. The SMILES string of the molecule is CC1(O)CCC(COc2ncc(S(=O)(=O)c3c(N4CCN(CC5=C(c6ccc(Cl)cc6)CC6(CC5)CC6)CC4)ccc(C(N)=O)c3Oc3cnc4[nH]ccc4c3)cc2Cl)CC1. The van der Waals surface area contributed by atoms with E-state index in [2.05, 4.69) is 32.0 Å². The van der Waals surface area contributed by atoms with Crippen LogP contribution in [0.3, 0.4) is 0 Å². The number of hydrogen-bond acceptors (Lipinski definition) is 10. The molecular formula is C46H50Cl2N6O6S. The van der Waals surface area contributed by atoms with E-state index in [1.54, 1.807) is 18.3 Å². The molecule has 15 heteroatoms. The van der Waals surface area contributed by atoms with Gasteiger partial charge in [0.05, 0.1) is 40.7 Å². The van der Waals surface area contributed by atoms with Crippen LogP contribution in [0, 0.1) is 11.3 Å². The molecule has 0 atom stereocenters. The summed E-state index contributed by atoms with van der Waals surface area (Å²) >= 11 is 13.0. The van der Waals surface area contributed by atoms with Gasteiger partial charge in [-0.15, -0.1) is 0 Å². The number of aliphatic hydroxyl groups is 1. The number of sulfone groups is 1. The number of fused-ring (bicyclic) bond motifs is 1. The molecule has 4 aliphatic rings. The molecule has 3 aromatic heterocycles. The second kappa shape index (κ2) is 16.6. The van der Waals surface area contributed by atoms with E-state index in [1.807, 2.05) is 30.0 Å². The molecule has 0 bridgehead atoms. The number of rotatable bonds is 12. The number of anilines is 1. The maximum atomic E-state index is 15.1. The predicted molar refractivity (Wildman–Crippen MR) is 236 cm³/mol. The van der Waals surface area contributed by atoms with Crippen LogP contribution in [0.15, 0.2) is 88.6 Å². The summed E-state index contributed by atoms with van der Waals surface area (Å²) < 4.78 is 42.6. The van der Waals surface area contributed by atoms with E-state index in [0.717, 1.165) is 42.6 Å². The van der Waals surface area contributed by atoms with Crippen LogP contribution in [0.5, 0.6) is 17.4 Å². The number of carbonyl (C=O) groups is 1. The zero-order valence-electron chi connectivity index (χ0n) is 34.1. The Hall–Kier alpha value is -4.66. The third-order valence-corrected chi connectivity index (χ3v) is 15.5. The molecule has 1 spiro atoms. The number of hydrogen-bond donors (Lipinski definition) is 3. The number of benzene rings is 2. The van der Waals surface area contributed by atoms with Crippen molar-refractivity contribution >= 4 is 61.2 Å².